The number of nitrogens with two attached hydrogens (primary N) is 1. The van der Waals surface area contributed by atoms with Crippen molar-refractivity contribution in [3.63, 3.8) is 0 Å². The number of para-hydroxylation sites is 1. The van der Waals surface area contributed by atoms with E-state index in [1.165, 1.54) is 0 Å². The molecule has 0 amide bonds. The largest absolute Gasteiger partial charge is 0.327 e. The Morgan fingerprint density at radius 3 is 2.57 bits per heavy atom. The number of aromatic nitrogens is 2. The van der Waals surface area contributed by atoms with Crippen LogP contribution in [0.25, 0.3) is 5.69 Å². The van der Waals surface area contributed by atoms with Gasteiger partial charge in [-0.15, -0.1) is 0 Å². The van der Waals surface area contributed by atoms with Crippen LogP contribution in [-0.4, -0.2) is 34.3 Å². The minimum absolute atomic E-state index is 0.273. The molecule has 4 heteroatoms. The van der Waals surface area contributed by atoms with E-state index >= 15 is 0 Å². The van der Waals surface area contributed by atoms with Gasteiger partial charge < -0.3 is 10.6 Å². The van der Waals surface area contributed by atoms with Gasteiger partial charge in [0.05, 0.1) is 11.4 Å². The summed E-state index contributed by atoms with van der Waals surface area (Å²) in [5, 5.41) is 4.63. The average molecular weight is 286 g/mol. The lowest BCUT2D eigenvalue weighted by Gasteiger charge is -2.20. The molecule has 21 heavy (non-hydrogen) atoms. The van der Waals surface area contributed by atoms with Crippen LogP contribution >= 0.6 is 0 Å². The lowest BCUT2D eigenvalue weighted by atomic mass is 10.0. The highest BCUT2D eigenvalue weighted by molar-refractivity contribution is 5.30. The SMILES string of the molecule is CC(C)C(N)CCN(C)Cc1ccn(-c2ccccc2)n1. The van der Waals surface area contributed by atoms with Crippen LogP contribution in [0.5, 0.6) is 0 Å². The van der Waals surface area contributed by atoms with Gasteiger partial charge in [-0.25, -0.2) is 4.68 Å². The van der Waals surface area contributed by atoms with E-state index < -0.39 is 0 Å². The van der Waals surface area contributed by atoms with E-state index in [0.717, 1.165) is 30.9 Å². The minimum Gasteiger partial charge on any atom is -0.327 e. The van der Waals surface area contributed by atoms with Crippen molar-refractivity contribution < 1.29 is 0 Å². The Balaban J connectivity index is 1.88. The number of hydrogen-bond acceptors (Lipinski definition) is 3. The van der Waals surface area contributed by atoms with Crippen LogP contribution in [-0.2, 0) is 6.54 Å². The summed E-state index contributed by atoms with van der Waals surface area (Å²) in [6.45, 7) is 6.20. The fraction of sp³-hybridized carbons (Fsp3) is 0.471. The molecule has 2 rings (SSSR count). The van der Waals surface area contributed by atoms with Gasteiger partial charge in [-0.05, 0) is 44.1 Å². The maximum Gasteiger partial charge on any atom is 0.0769 e. The quantitative estimate of drug-likeness (QED) is 0.851. The van der Waals surface area contributed by atoms with Gasteiger partial charge in [0, 0.05) is 18.8 Å². The van der Waals surface area contributed by atoms with Gasteiger partial charge in [0.25, 0.3) is 0 Å². The highest BCUT2D eigenvalue weighted by atomic mass is 15.3. The van der Waals surface area contributed by atoms with E-state index in [4.69, 9.17) is 5.73 Å². The summed E-state index contributed by atoms with van der Waals surface area (Å²) in [6, 6.07) is 12.5. The molecule has 1 aromatic carbocycles. The Morgan fingerprint density at radius 1 is 1.19 bits per heavy atom. The molecule has 4 nitrogen and oxygen atoms in total. The molecule has 0 aliphatic carbocycles. The maximum atomic E-state index is 6.09. The molecule has 0 aliphatic rings. The standard InChI is InChI=1S/C17H26N4/c1-14(2)17(18)10-11-20(3)13-15-9-12-21(19-15)16-7-5-4-6-8-16/h4-9,12,14,17H,10-11,13,18H2,1-3H3. The van der Waals surface area contributed by atoms with Crippen molar-refractivity contribution >= 4 is 0 Å². The molecular weight excluding hydrogens is 260 g/mol. The van der Waals surface area contributed by atoms with E-state index in [0.29, 0.717) is 5.92 Å². The molecule has 0 bridgehead atoms. The predicted molar refractivity (Wildman–Crippen MR) is 87.3 cm³/mol. The van der Waals surface area contributed by atoms with Crippen LogP contribution in [0.2, 0.25) is 0 Å². The Hall–Kier alpha value is -1.65. The third kappa shape index (κ3) is 4.69. The lowest BCUT2D eigenvalue weighted by molar-refractivity contribution is 0.293. The third-order valence-corrected chi connectivity index (χ3v) is 3.80. The van der Waals surface area contributed by atoms with Crippen LogP contribution < -0.4 is 5.73 Å². The van der Waals surface area contributed by atoms with E-state index in [1.54, 1.807) is 0 Å². The molecular formula is C17H26N4. The van der Waals surface area contributed by atoms with E-state index in [1.807, 2.05) is 29.1 Å². The average Bonchev–Trinajstić information content (AvgIpc) is 2.94. The molecule has 2 N–H and O–H groups in total. The highest BCUT2D eigenvalue weighted by Crippen LogP contribution is 2.09. The molecule has 0 radical (unpaired) electrons. The zero-order valence-corrected chi connectivity index (χ0v) is 13.2. The number of hydrogen-bond donors (Lipinski definition) is 1. The molecule has 0 saturated heterocycles. The van der Waals surface area contributed by atoms with Crippen molar-refractivity contribution in [2.45, 2.75) is 32.9 Å². The van der Waals surface area contributed by atoms with Crippen LogP contribution in [0.15, 0.2) is 42.6 Å². The molecule has 0 saturated carbocycles. The molecule has 0 aliphatic heterocycles. The second-order valence-corrected chi connectivity index (χ2v) is 6.02. The molecule has 1 unspecified atom stereocenters. The second kappa shape index (κ2) is 7.38. The summed E-state index contributed by atoms with van der Waals surface area (Å²) in [5.41, 5.74) is 8.27. The van der Waals surface area contributed by atoms with Gasteiger partial charge in [0.1, 0.15) is 0 Å². The number of nitrogens with zero attached hydrogens (tertiary/aromatic N) is 3. The Labute approximate surface area is 127 Å². The lowest BCUT2D eigenvalue weighted by Crippen LogP contribution is -2.31. The van der Waals surface area contributed by atoms with E-state index in [-0.39, 0.29) is 6.04 Å². The van der Waals surface area contributed by atoms with Crippen LogP contribution in [0, 0.1) is 5.92 Å². The summed E-state index contributed by atoms with van der Waals surface area (Å²) in [4.78, 5) is 2.28. The molecule has 1 heterocycles. The van der Waals surface area contributed by atoms with Gasteiger partial charge in [-0.2, -0.15) is 5.10 Å². The van der Waals surface area contributed by atoms with Crippen molar-refractivity contribution in [2.24, 2.45) is 11.7 Å². The Kier molecular flexibility index (Phi) is 5.53. The molecule has 1 aromatic heterocycles. The molecule has 114 valence electrons. The summed E-state index contributed by atoms with van der Waals surface area (Å²) in [5.74, 6) is 0.538. The third-order valence-electron chi connectivity index (χ3n) is 3.80. The zero-order valence-electron chi connectivity index (χ0n) is 13.2. The van der Waals surface area contributed by atoms with Crippen molar-refractivity contribution in [2.75, 3.05) is 13.6 Å². The Bertz CT molecular complexity index is 533. The predicted octanol–water partition coefficient (Wildman–Crippen LogP) is 2.68. The van der Waals surface area contributed by atoms with Gasteiger partial charge in [-0.3, -0.25) is 0 Å². The minimum atomic E-state index is 0.273. The fourth-order valence-corrected chi connectivity index (χ4v) is 2.23. The molecule has 1 atom stereocenters. The molecule has 0 spiro atoms. The summed E-state index contributed by atoms with van der Waals surface area (Å²) in [6.07, 6.45) is 3.03. The van der Waals surface area contributed by atoms with Gasteiger partial charge in [0.2, 0.25) is 0 Å². The zero-order chi connectivity index (χ0) is 15.2. The van der Waals surface area contributed by atoms with Gasteiger partial charge >= 0.3 is 0 Å². The first-order chi connectivity index (χ1) is 10.1. The van der Waals surface area contributed by atoms with Gasteiger partial charge in [-0.1, -0.05) is 32.0 Å². The summed E-state index contributed by atoms with van der Waals surface area (Å²) >= 11 is 0. The normalized spacial score (nSPS) is 13.0. The monoisotopic (exact) mass is 286 g/mol. The highest BCUT2D eigenvalue weighted by Gasteiger charge is 2.10. The van der Waals surface area contributed by atoms with Crippen molar-refractivity contribution in [3.05, 3.63) is 48.3 Å². The Morgan fingerprint density at radius 2 is 1.90 bits per heavy atom. The molecule has 0 fully saturated rings. The topological polar surface area (TPSA) is 47.1 Å². The molecule has 2 aromatic rings. The first-order valence-electron chi connectivity index (χ1n) is 7.60. The summed E-state index contributed by atoms with van der Waals surface area (Å²) in [7, 11) is 2.12. The van der Waals surface area contributed by atoms with Crippen LogP contribution in [0.4, 0.5) is 0 Å². The smallest absolute Gasteiger partial charge is 0.0769 e. The first kappa shape index (κ1) is 15.7. The van der Waals surface area contributed by atoms with E-state index in [9.17, 15) is 0 Å². The van der Waals surface area contributed by atoms with Crippen molar-refractivity contribution in [1.29, 1.82) is 0 Å². The number of benzene rings is 1. The maximum absolute atomic E-state index is 6.09. The second-order valence-electron chi connectivity index (χ2n) is 6.02. The van der Waals surface area contributed by atoms with Crippen LogP contribution in [0.1, 0.15) is 26.0 Å². The first-order valence-corrected chi connectivity index (χ1v) is 7.60. The summed E-state index contributed by atoms with van der Waals surface area (Å²) < 4.78 is 1.92. The van der Waals surface area contributed by atoms with Crippen molar-refractivity contribution in [3.8, 4) is 5.69 Å². The van der Waals surface area contributed by atoms with Crippen LogP contribution in [0.3, 0.4) is 0 Å². The fourth-order valence-electron chi connectivity index (χ4n) is 2.23. The number of rotatable bonds is 7. The van der Waals surface area contributed by atoms with E-state index in [2.05, 4.69) is 49.1 Å². The van der Waals surface area contributed by atoms with Gasteiger partial charge in [0.15, 0.2) is 0 Å². The van der Waals surface area contributed by atoms with Crippen molar-refractivity contribution in [1.82, 2.24) is 14.7 Å².